The zero-order valence-electron chi connectivity index (χ0n) is 15.3. The molecule has 11 heteroatoms. The predicted octanol–water partition coefficient (Wildman–Crippen LogP) is 2.55. The molecule has 1 atom stereocenters. The molecule has 1 fully saturated rings. The average Bonchev–Trinajstić information content (AvgIpc) is 3.40. The lowest BCUT2D eigenvalue weighted by Gasteiger charge is -2.20. The van der Waals surface area contributed by atoms with E-state index in [0.29, 0.717) is 37.0 Å². The van der Waals surface area contributed by atoms with Gasteiger partial charge in [0.15, 0.2) is 0 Å². The highest BCUT2D eigenvalue weighted by molar-refractivity contribution is 7.89. The molecule has 0 unspecified atom stereocenters. The first-order valence-electron chi connectivity index (χ1n) is 8.71. The Labute approximate surface area is 161 Å². The van der Waals surface area contributed by atoms with Crippen LogP contribution in [-0.2, 0) is 16.6 Å². The van der Waals surface area contributed by atoms with Gasteiger partial charge in [0.05, 0.1) is 16.9 Å². The van der Waals surface area contributed by atoms with Gasteiger partial charge in [-0.05, 0) is 33.6 Å². The number of aryl methyl sites for hydroxylation is 3. The van der Waals surface area contributed by atoms with Crippen molar-refractivity contribution < 1.29 is 12.8 Å². The Morgan fingerprint density at radius 2 is 2.11 bits per heavy atom. The van der Waals surface area contributed by atoms with E-state index in [0.717, 1.165) is 17.0 Å². The Bertz CT molecular complexity index is 1070. The van der Waals surface area contributed by atoms with E-state index in [-0.39, 0.29) is 4.90 Å². The second-order valence-electron chi connectivity index (χ2n) is 6.42. The predicted molar refractivity (Wildman–Crippen MR) is 98.6 cm³/mol. The van der Waals surface area contributed by atoms with E-state index in [1.807, 2.05) is 13.8 Å². The molecule has 1 saturated heterocycles. The van der Waals surface area contributed by atoms with Crippen molar-refractivity contribution >= 4 is 21.4 Å². The quantitative estimate of drug-likeness (QED) is 0.638. The summed E-state index contributed by atoms with van der Waals surface area (Å²) in [4.78, 5) is 5.23. The lowest BCUT2D eigenvalue weighted by Crippen LogP contribution is -2.31. The molecule has 0 bridgehead atoms. The minimum atomic E-state index is -3.70. The highest BCUT2D eigenvalue weighted by Crippen LogP contribution is 2.38. The van der Waals surface area contributed by atoms with Crippen LogP contribution in [0.3, 0.4) is 0 Å². The molecule has 0 amide bonds. The van der Waals surface area contributed by atoms with E-state index in [1.165, 1.54) is 15.6 Å². The Balaban J connectivity index is 1.67. The van der Waals surface area contributed by atoms with Crippen molar-refractivity contribution in [1.29, 1.82) is 0 Å². The summed E-state index contributed by atoms with van der Waals surface area (Å²) in [6, 6.07) is -0.464. The van der Waals surface area contributed by atoms with E-state index in [2.05, 4.69) is 20.3 Å². The number of aromatic nitrogens is 5. The standard InChI is InChI=1S/C16H20N6O3S2/c1-4-21-8-13(10(2)20-21)27(23,24)22-7-5-6-12(22)15-18-19-16(25-15)14-11(3)17-9-26-14/h8-9,12H,4-7H2,1-3H3/t12-/m0/s1. The van der Waals surface area contributed by atoms with Crippen molar-refractivity contribution in [3.05, 3.63) is 29.0 Å². The molecule has 0 aromatic carbocycles. The Morgan fingerprint density at radius 1 is 1.30 bits per heavy atom. The number of rotatable bonds is 5. The van der Waals surface area contributed by atoms with Crippen LogP contribution in [0.4, 0.5) is 0 Å². The lowest BCUT2D eigenvalue weighted by atomic mass is 10.2. The number of sulfonamides is 1. The van der Waals surface area contributed by atoms with Crippen LogP contribution in [0, 0.1) is 13.8 Å². The maximum Gasteiger partial charge on any atom is 0.259 e. The van der Waals surface area contributed by atoms with Crippen molar-refractivity contribution in [2.75, 3.05) is 6.54 Å². The molecule has 9 nitrogen and oxygen atoms in total. The van der Waals surface area contributed by atoms with Gasteiger partial charge in [0.25, 0.3) is 5.89 Å². The molecule has 0 spiro atoms. The maximum atomic E-state index is 13.2. The molecule has 27 heavy (non-hydrogen) atoms. The van der Waals surface area contributed by atoms with Gasteiger partial charge < -0.3 is 4.42 Å². The first-order chi connectivity index (χ1) is 12.9. The summed E-state index contributed by atoms with van der Waals surface area (Å²) >= 11 is 1.42. The van der Waals surface area contributed by atoms with E-state index in [9.17, 15) is 8.42 Å². The van der Waals surface area contributed by atoms with E-state index < -0.39 is 16.1 Å². The van der Waals surface area contributed by atoms with Crippen LogP contribution in [0.2, 0.25) is 0 Å². The number of nitrogens with zero attached hydrogens (tertiary/aromatic N) is 6. The second-order valence-corrected chi connectivity index (χ2v) is 9.13. The highest BCUT2D eigenvalue weighted by atomic mass is 32.2. The van der Waals surface area contributed by atoms with Crippen molar-refractivity contribution in [3.63, 3.8) is 0 Å². The first kappa shape index (κ1) is 18.3. The minimum absolute atomic E-state index is 0.231. The molecule has 0 saturated carbocycles. The molecular formula is C16H20N6O3S2. The lowest BCUT2D eigenvalue weighted by molar-refractivity contribution is 0.332. The van der Waals surface area contributed by atoms with E-state index in [4.69, 9.17) is 4.42 Å². The summed E-state index contributed by atoms with van der Waals surface area (Å²) < 4.78 is 35.4. The van der Waals surface area contributed by atoms with Gasteiger partial charge in [-0.2, -0.15) is 9.40 Å². The van der Waals surface area contributed by atoms with Crippen LogP contribution in [-0.4, -0.2) is 44.2 Å². The fraction of sp³-hybridized carbons (Fsp3) is 0.500. The number of hydrogen-bond donors (Lipinski definition) is 0. The van der Waals surface area contributed by atoms with Crippen LogP contribution >= 0.6 is 11.3 Å². The van der Waals surface area contributed by atoms with Crippen LogP contribution in [0.25, 0.3) is 10.8 Å². The van der Waals surface area contributed by atoms with Gasteiger partial charge in [-0.15, -0.1) is 21.5 Å². The van der Waals surface area contributed by atoms with Crippen LogP contribution in [0.1, 0.15) is 43.1 Å². The molecule has 0 radical (unpaired) electrons. The molecule has 4 heterocycles. The van der Waals surface area contributed by atoms with Gasteiger partial charge in [0, 0.05) is 19.3 Å². The molecule has 144 valence electrons. The Kier molecular flexibility index (Phi) is 4.60. The summed E-state index contributed by atoms with van der Waals surface area (Å²) in [6.07, 6.45) is 2.96. The molecule has 3 aromatic rings. The summed E-state index contributed by atoms with van der Waals surface area (Å²) in [5.74, 6) is 0.698. The van der Waals surface area contributed by atoms with Gasteiger partial charge in [0.1, 0.15) is 15.8 Å². The smallest absolute Gasteiger partial charge is 0.259 e. The van der Waals surface area contributed by atoms with Crippen LogP contribution in [0.5, 0.6) is 0 Å². The third-order valence-electron chi connectivity index (χ3n) is 4.68. The van der Waals surface area contributed by atoms with Gasteiger partial charge in [-0.25, -0.2) is 13.4 Å². The van der Waals surface area contributed by atoms with Crippen molar-refractivity contribution in [3.8, 4) is 10.8 Å². The monoisotopic (exact) mass is 408 g/mol. The van der Waals surface area contributed by atoms with Gasteiger partial charge >= 0.3 is 0 Å². The summed E-state index contributed by atoms with van der Waals surface area (Å²) in [5.41, 5.74) is 3.03. The molecule has 0 aliphatic carbocycles. The Hall–Kier alpha value is -2.11. The van der Waals surface area contributed by atoms with E-state index in [1.54, 1.807) is 23.3 Å². The molecule has 4 rings (SSSR count). The topological polar surface area (TPSA) is 107 Å². The normalized spacial score (nSPS) is 18.4. The summed E-state index contributed by atoms with van der Waals surface area (Å²) in [6.45, 7) is 6.53. The van der Waals surface area contributed by atoms with Crippen molar-refractivity contribution in [2.45, 2.75) is 51.1 Å². The van der Waals surface area contributed by atoms with Crippen LogP contribution in [0.15, 0.2) is 21.0 Å². The zero-order chi connectivity index (χ0) is 19.2. The number of hydrogen-bond acceptors (Lipinski definition) is 8. The molecule has 1 aliphatic heterocycles. The van der Waals surface area contributed by atoms with E-state index >= 15 is 0 Å². The summed E-state index contributed by atoms with van der Waals surface area (Å²) in [7, 11) is -3.70. The molecule has 3 aromatic heterocycles. The third kappa shape index (κ3) is 3.09. The SMILES string of the molecule is CCn1cc(S(=O)(=O)N2CCC[C@H]2c2nnc(-c3scnc3C)o2)c(C)n1. The first-order valence-corrected chi connectivity index (χ1v) is 11.0. The minimum Gasteiger partial charge on any atom is -0.418 e. The van der Waals surface area contributed by atoms with Crippen molar-refractivity contribution in [1.82, 2.24) is 29.3 Å². The molecular weight excluding hydrogens is 388 g/mol. The van der Waals surface area contributed by atoms with Gasteiger partial charge in [-0.3, -0.25) is 4.68 Å². The Morgan fingerprint density at radius 3 is 2.78 bits per heavy atom. The third-order valence-corrected chi connectivity index (χ3v) is 7.61. The van der Waals surface area contributed by atoms with Crippen molar-refractivity contribution in [2.24, 2.45) is 0 Å². The van der Waals surface area contributed by atoms with Gasteiger partial charge in [-0.1, -0.05) is 0 Å². The highest BCUT2D eigenvalue weighted by Gasteiger charge is 2.40. The average molecular weight is 409 g/mol. The largest absolute Gasteiger partial charge is 0.418 e. The molecule has 0 N–H and O–H groups in total. The number of thiazole rings is 1. The fourth-order valence-electron chi connectivity index (χ4n) is 3.28. The fourth-order valence-corrected chi connectivity index (χ4v) is 5.83. The van der Waals surface area contributed by atoms with Crippen LogP contribution < -0.4 is 0 Å². The van der Waals surface area contributed by atoms with Gasteiger partial charge in [0.2, 0.25) is 15.9 Å². The second kappa shape index (κ2) is 6.80. The maximum absolute atomic E-state index is 13.2. The summed E-state index contributed by atoms with van der Waals surface area (Å²) in [5, 5.41) is 12.5. The molecule has 1 aliphatic rings. The zero-order valence-corrected chi connectivity index (χ0v) is 16.9.